The van der Waals surface area contributed by atoms with Crippen LogP contribution in [0.15, 0.2) is 60.7 Å². The Balaban J connectivity index is -0.000000334. The van der Waals surface area contributed by atoms with Crippen LogP contribution in [-0.4, -0.2) is 23.5 Å². The van der Waals surface area contributed by atoms with E-state index in [0.29, 0.717) is 0 Å². The molecule has 0 aromatic heterocycles. The average Bonchev–Trinajstić information content (AvgIpc) is 2.69. The van der Waals surface area contributed by atoms with Crippen molar-refractivity contribution in [3.05, 3.63) is 60.7 Å². The largest absolute Gasteiger partial charge is 4.00 e. The van der Waals surface area contributed by atoms with Gasteiger partial charge in [-0.25, -0.2) is 0 Å². The van der Waals surface area contributed by atoms with E-state index in [1.807, 2.05) is 12.1 Å². The van der Waals surface area contributed by atoms with Gasteiger partial charge in [0.2, 0.25) is 0 Å². The van der Waals surface area contributed by atoms with E-state index in [1.165, 1.54) is 52.0 Å². The molecule has 0 saturated carbocycles. The maximum Gasteiger partial charge on any atom is 4.00 e. The Morgan fingerprint density at radius 2 is 0.839 bits per heavy atom. The molecule has 0 heterocycles. The number of carboxylic acids is 2. The first-order valence-electron chi connectivity index (χ1n) is 8.76. The number of carbonyl (C=O) groups excluding carboxylic acids is 4. The minimum Gasteiger partial charge on any atom is -0.872 e. The van der Waals surface area contributed by atoms with Crippen molar-refractivity contribution in [2.45, 2.75) is 27.7 Å². The second-order valence-corrected chi connectivity index (χ2v) is 5.93. The molecule has 2 unspecified atom stereocenters. The number of Topliss-reactive ketones (excluding diaryl/α,β-unsaturated/α-hetero) is 2. The van der Waals surface area contributed by atoms with Gasteiger partial charge < -0.3 is 30.0 Å². The number of benzene rings is 2. The van der Waals surface area contributed by atoms with Gasteiger partial charge in [-0.05, 0) is 13.8 Å². The zero-order valence-electron chi connectivity index (χ0n) is 17.7. The van der Waals surface area contributed by atoms with Gasteiger partial charge in [0.25, 0.3) is 0 Å². The monoisotopic (exact) mass is 464 g/mol. The summed E-state index contributed by atoms with van der Waals surface area (Å²) in [4.78, 5) is 39.9. The molecule has 2 aromatic rings. The van der Waals surface area contributed by atoms with E-state index in [-0.39, 0.29) is 44.8 Å². The van der Waals surface area contributed by atoms with Crippen molar-refractivity contribution in [3.63, 3.8) is 0 Å². The van der Waals surface area contributed by atoms with E-state index in [4.69, 9.17) is 0 Å². The Morgan fingerprint density at radius 1 is 0.613 bits per heavy atom. The van der Waals surface area contributed by atoms with E-state index in [0.717, 1.165) is 0 Å². The second kappa shape index (κ2) is 19.0. The number of para-hydroxylation sites is 2. The molecule has 0 fully saturated rings. The summed E-state index contributed by atoms with van der Waals surface area (Å²) in [6, 6.07) is 16.7. The molecule has 0 radical (unpaired) electrons. The van der Waals surface area contributed by atoms with Gasteiger partial charge in [-0.1, -0.05) is 74.5 Å². The third kappa shape index (κ3) is 20.1. The fourth-order valence-corrected chi connectivity index (χ4v) is 1.17. The number of hydrogen-bond acceptors (Lipinski definition) is 8. The minimum absolute atomic E-state index is 0. The smallest absolute Gasteiger partial charge is 0.872 e. The molecule has 9 heteroatoms. The van der Waals surface area contributed by atoms with Gasteiger partial charge in [0.1, 0.15) is 11.6 Å². The van der Waals surface area contributed by atoms with Gasteiger partial charge in [-0.2, -0.15) is 0 Å². The Kier molecular flexibility index (Phi) is 20.1. The summed E-state index contributed by atoms with van der Waals surface area (Å²) in [5.41, 5.74) is 0. The molecule has 0 aliphatic rings. The number of ketones is 2. The maximum absolute atomic E-state index is 10.3. The van der Waals surface area contributed by atoms with E-state index < -0.39 is 23.8 Å². The maximum atomic E-state index is 10.3. The molecule has 0 spiro atoms. The van der Waals surface area contributed by atoms with Crippen molar-refractivity contribution in [1.29, 1.82) is 0 Å². The molecule has 164 valence electrons. The first kappa shape index (κ1) is 32.7. The van der Waals surface area contributed by atoms with Crippen LogP contribution in [0, 0.1) is 11.8 Å². The van der Waals surface area contributed by atoms with Crippen LogP contribution in [0.4, 0.5) is 0 Å². The fraction of sp³-hybridized carbons (Fsp3) is 0.273. The van der Waals surface area contributed by atoms with Gasteiger partial charge in [0.05, 0.1) is 23.8 Å². The predicted octanol–water partition coefficient (Wildman–Crippen LogP) is -0.559. The summed E-state index contributed by atoms with van der Waals surface area (Å²) >= 11 is 0. The van der Waals surface area contributed by atoms with Gasteiger partial charge in [0.15, 0.2) is 0 Å². The molecule has 0 saturated heterocycles. The zero-order valence-corrected chi connectivity index (χ0v) is 19.3. The van der Waals surface area contributed by atoms with Gasteiger partial charge in [-0.15, -0.1) is 11.5 Å². The van der Waals surface area contributed by atoms with Gasteiger partial charge >= 0.3 is 21.7 Å². The van der Waals surface area contributed by atoms with E-state index in [9.17, 15) is 39.6 Å². The summed E-state index contributed by atoms with van der Waals surface area (Å²) in [6.07, 6.45) is 0. The minimum atomic E-state index is -1.31. The standard InChI is InChI=1S/2C6H6O.2C5H8O3.Ti/c2*7-6-4-2-1-3-5-6;2*1-3(4(2)6)5(7)8;/h2*1-5,7H;2*3H,1-2H3,(H,7,8);/q;;;;+4/p-4. The van der Waals surface area contributed by atoms with Crippen LogP contribution in [0.1, 0.15) is 27.7 Å². The third-order valence-electron chi connectivity index (χ3n) is 3.41. The summed E-state index contributed by atoms with van der Waals surface area (Å²) in [5.74, 6) is -5.14. The van der Waals surface area contributed by atoms with E-state index in [2.05, 4.69) is 0 Å². The molecule has 2 atom stereocenters. The Bertz CT molecular complexity index is 683. The summed E-state index contributed by atoms with van der Waals surface area (Å²) in [7, 11) is 0. The first-order chi connectivity index (χ1) is 13.9. The second-order valence-electron chi connectivity index (χ2n) is 5.93. The molecule has 2 rings (SSSR count). The number of hydrogen-bond donors (Lipinski definition) is 0. The number of carbonyl (C=O) groups is 4. The van der Waals surface area contributed by atoms with E-state index in [1.54, 1.807) is 24.3 Å². The topological polar surface area (TPSA) is 161 Å². The van der Waals surface area contributed by atoms with Crippen LogP contribution in [0.2, 0.25) is 0 Å². The Labute approximate surface area is 196 Å². The summed E-state index contributed by atoms with van der Waals surface area (Å²) in [6.45, 7) is 5.05. The molecular formula is C22H24O8Ti. The Morgan fingerprint density at radius 3 is 0.903 bits per heavy atom. The molecule has 8 nitrogen and oxygen atoms in total. The number of aliphatic carboxylic acids is 2. The average molecular weight is 464 g/mol. The van der Waals surface area contributed by atoms with Crippen LogP contribution >= 0.6 is 0 Å². The van der Waals surface area contributed by atoms with Crippen molar-refractivity contribution in [3.8, 4) is 11.5 Å². The van der Waals surface area contributed by atoms with Crippen molar-refractivity contribution in [2.75, 3.05) is 0 Å². The molecule has 0 amide bonds. The first-order valence-corrected chi connectivity index (χ1v) is 8.76. The molecule has 0 aliphatic heterocycles. The molecule has 31 heavy (non-hydrogen) atoms. The molecular weight excluding hydrogens is 440 g/mol. The van der Waals surface area contributed by atoms with Crippen LogP contribution in [-0.2, 0) is 40.9 Å². The van der Waals surface area contributed by atoms with Gasteiger partial charge in [-0.3, -0.25) is 9.59 Å². The molecule has 0 bridgehead atoms. The van der Waals surface area contributed by atoms with Crippen LogP contribution in [0.25, 0.3) is 0 Å². The van der Waals surface area contributed by atoms with Crippen molar-refractivity contribution in [1.82, 2.24) is 0 Å². The Hall–Kier alpha value is -2.97. The fourth-order valence-electron chi connectivity index (χ4n) is 1.17. The number of rotatable bonds is 4. The normalized spacial score (nSPS) is 10.5. The molecule has 0 aliphatic carbocycles. The van der Waals surface area contributed by atoms with Crippen molar-refractivity contribution < 1.29 is 61.3 Å². The summed E-state index contributed by atoms with van der Waals surface area (Å²) < 4.78 is 0. The van der Waals surface area contributed by atoms with Crippen LogP contribution in [0.3, 0.4) is 0 Å². The van der Waals surface area contributed by atoms with Gasteiger partial charge in [0, 0.05) is 0 Å². The SMILES string of the molecule is CC(=O)C(C)C(=O)[O-].CC(=O)C(C)C(=O)[O-].[O-]c1ccccc1.[O-]c1ccccc1.[Ti+4]. The predicted molar refractivity (Wildman–Crippen MR) is 101 cm³/mol. The van der Waals surface area contributed by atoms with Crippen molar-refractivity contribution in [2.24, 2.45) is 11.8 Å². The number of carboxylic acid groups (broad SMARTS) is 2. The van der Waals surface area contributed by atoms with Crippen LogP contribution < -0.4 is 20.4 Å². The third-order valence-corrected chi connectivity index (χ3v) is 3.41. The molecule has 2 aromatic carbocycles. The van der Waals surface area contributed by atoms with Crippen LogP contribution in [0.5, 0.6) is 11.5 Å². The zero-order chi connectivity index (χ0) is 23.7. The van der Waals surface area contributed by atoms with Crippen molar-refractivity contribution >= 4 is 23.5 Å². The summed E-state index contributed by atoms with van der Waals surface area (Å²) in [5, 5.41) is 40.2. The van der Waals surface area contributed by atoms with E-state index >= 15 is 0 Å². The quantitative estimate of drug-likeness (QED) is 0.430. The molecule has 0 N–H and O–H groups in total.